The van der Waals surface area contributed by atoms with E-state index in [1.165, 1.54) is 28.8 Å². The van der Waals surface area contributed by atoms with Crippen LogP contribution in [0.15, 0.2) is 58.4 Å². The monoisotopic (exact) mass is 352 g/mol. The predicted molar refractivity (Wildman–Crippen MR) is 100 cm³/mol. The van der Waals surface area contributed by atoms with Crippen molar-refractivity contribution in [3.8, 4) is 0 Å². The molecule has 1 fully saturated rings. The number of benzene rings is 2. The lowest BCUT2D eigenvalue weighted by atomic mass is 10.1. The molecular formula is C19H16N2O3S. The molecular weight excluding hydrogens is 336 g/mol. The second-order valence-electron chi connectivity index (χ2n) is 5.64. The highest BCUT2D eigenvalue weighted by Gasteiger charge is 2.30. The van der Waals surface area contributed by atoms with Gasteiger partial charge in [0.15, 0.2) is 5.17 Å². The van der Waals surface area contributed by atoms with Crippen LogP contribution in [-0.2, 0) is 4.79 Å². The number of aryl methyl sites for hydroxylation is 1. The summed E-state index contributed by atoms with van der Waals surface area (Å²) in [5.74, 6) is -1.09. The molecule has 1 aliphatic rings. The average Bonchev–Trinajstić information content (AvgIpc) is 2.83. The van der Waals surface area contributed by atoms with Crippen LogP contribution in [0.4, 0.5) is 5.69 Å². The lowest BCUT2D eigenvalue weighted by molar-refractivity contribution is -0.121. The molecule has 1 saturated heterocycles. The molecule has 0 aliphatic carbocycles. The number of carbonyl (C=O) groups excluding carboxylic acids is 1. The Kier molecular flexibility index (Phi) is 4.72. The predicted octanol–water partition coefficient (Wildman–Crippen LogP) is 3.93. The maximum atomic E-state index is 12.4. The summed E-state index contributed by atoms with van der Waals surface area (Å²) in [6.07, 6.45) is 1.85. The summed E-state index contributed by atoms with van der Waals surface area (Å²) in [5.41, 5.74) is 2.90. The Bertz CT molecular complexity index is 901. The van der Waals surface area contributed by atoms with Crippen molar-refractivity contribution >= 4 is 40.6 Å². The van der Waals surface area contributed by atoms with Gasteiger partial charge in [-0.3, -0.25) is 9.69 Å². The fourth-order valence-electron chi connectivity index (χ4n) is 2.35. The molecule has 3 rings (SSSR count). The van der Waals surface area contributed by atoms with Gasteiger partial charge in [0.25, 0.3) is 5.91 Å². The summed E-state index contributed by atoms with van der Waals surface area (Å²) < 4.78 is 0. The molecule has 0 atom stereocenters. The fraction of sp³-hybridized carbons (Fsp3) is 0.105. The van der Waals surface area contributed by atoms with Crippen molar-refractivity contribution in [1.82, 2.24) is 4.90 Å². The number of amidine groups is 1. The quantitative estimate of drug-likeness (QED) is 0.850. The topological polar surface area (TPSA) is 70.0 Å². The van der Waals surface area contributed by atoms with Crippen molar-refractivity contribution in [2.45, 2.75) is 6.92 Å². The third kappa shape index (κ3) is 3.80. The maximum absolute atomic E-state index is 12.4. The zero-order valence-electron chi connectivity index (χ0n) is 13.8. The van der Waals surface area contributed by atoms with E-state index in [0.717, 1.165) is 11.1 Å². The Labute approximate surface area is 149 Å². The summed E-state index contributed by atoms with van der Waals surface area (Å²) in [6, 6.07) is 14.2. The van der Waals surface area contributed by atoms with Crippen LogP contribution in [-0.4, -0.2) is 34.1 Å². The molecule has 1 amide bonds. The van der Waals surface area contributed by atoms with Crippen molar-refractivity contribution in [1.29, 1.82) is 0 Å². The summed E-state index contributed by atoms with van der Waals surface area (Å²) in [7, 11) is 1.68. The number of rotatable bonds is 3. The smallest absolute Gasteiger partial charge is 0.335 e. The van der Waals surface area contributed by atoms with E-state index in [-0.39, 0.29) is 11.5 Å². The van der Waals surface area contributed by atoms with Crippen LogP contribution in [0.3, 0.4) is 0 Å². The van der Waals surface area contributed by atoms with E-state index < -0.39 is 5.97 Å². The second-order valence-corrected chi connectivity index (χ2v) is 6.64. The minimum atomic E-state index is -0.981. The Balaban J connectivity index is 1.86. The van der Waals surface area contributed by atoms with E-state index in [4.69, 9.17) is 5.11 Å². The number of carbonyl (C=O) groups is 2. The number of aromatic carboxylic acids is 1. The molecule has 1 aliphatic heterocycles. The number of hydrogen-bond donors (Lipinski definition) is 1. The van der Waals surface area contributed by atoms with Gasteiger partial charge in [-0.2, -0.15) is 0 Å². The molecule has 0 aromatic heterocycles. The third-order valence-corrected chi connectivity index (χ3v) is 4.74. The highest BCUT2D eigenvalue weighted by Crippen LogP contribution is 2.33. The van der Waals surface area contributed by atoms with Crippen LogP contribution in [0.2, 0.25) is 0 Å². The number of thioether (sulfide) groups is 1. The van der Waals surface area contributed by atoms with Gasteiger partial charge in [-0.05, 0) is 54.6 Å². The zero-order chi connectivity index (χ0) is 18.0. The molecule has 0 bridgehead atoms. The van der Waals surface area contributed by atoms with Gasteiger partial charge in [0.05, 0.1) is 16.2 Å². The molecule has 0 unspecified atom stereocenters. The van der Waals surface area contributed by atoms with E-state index in [1.54, 1.807) is 19.2 Å². The molecule has 1 N–H and O–H groups in total. The molecule has 5 nitrogen and oxygen atoms in total. The van der Waals surface area contributed by atoms with Crippen molar-refractivity contribution in [3.63, 3.8) is 0 Å². The summed E-state index contributed by atoms with van der Waals surface area (Å²) in [4.78, 5) is 29.9. The van der Waals surface area contributed by atoms with Crippen LogP contribution in [0.1, 0.15) is 21.5 Å². The summed E-state index contributed by atoms with van der Waals surface area (Å²) in [6.45, 7) is 2.01. The molecule has 2 aromatic rings. The molecule has 2 aromatic carbocycles. The average molecular weight is 352 g/mol. The molecule has 0 spiro atoms. The zero-order valence-corrected chi connectivity index (χ0v) is 14.6. The maximum Gasteiger partial charge on any atom is 0.335 e. The number of nitrogens with zero attached hydrogens (tertiary/aromatic N) is 2. The largest absolute Gasteiger partial charge is 0.478 e. The normalized spacial score (nSPS) is 17.5. The second kappa shape index (κ2) is 6.94. The van der Waals surface area contributed by atoms with Gasteiger partial charge in [0.1, 0.15) is 0 Å². The van der Waals surface area contributed by atoms with Gasteiger partial charge in [0, 0.05) is 7.05 Å². The van der Waals surface area contributed by atoms with Gasteiger partial charge in [0.2, 0.25) is 0 Å². The molecule has 0 saturated carbocycles. The Hall–Kier alpha value is -2.86. The lowest BCUT2D eigenvalue weighted by Gasteiger charge is -2.07. The van der Waals surface area contributed by atoms with Gasteiger partial charge >= 0.3 is 5.97 Å². The van der Waals surface area contributed by atoms with Crippen molar-refractivity contribution in [3.05, 3.63) is 70.1 Å². The Morgan fingerprint density at radius 3 is 2.56 bits per heavy atom. The number of aliphatic imine (C=N–C) groups is 1. The fourth-order valence-corrected chi connectivity index (χ4v) is 3.34. The van der Waals surface area contributed by atoms with E-state index >= 15 is 0 Å². The highest BCUT2D eigenvalue weighted by molar-refractivity contribution is 8.18. The van der Waals surface area contributed by atoms with E-state index in [2.05, 4.69) is 4.99 Å². The molecule has 25 heavy (non-hydrogen) atoms. The Morgan fingerprint density at radius 1 is 1.20 bits per heavy atom. The van der Waals surface area contributed by atoms with Gasteiger partial charge in [-0.25, -0.2) is 9.79 Å². The SMILES string of the molecule is Cc1cccc(/C=C2\SC(=Nc3ccc(C(=O)O)cc3)N(C)C2=O)c1. The number of likely N-dealkylation sites (N-methyl/N-ethyl adjacent to an activating group) is 1. The molecule has 6 heteroatoms. The first-order valence-electron chi connectivity index (χ1n) is 7.60. The van der Waals surface area contributed by atoms with E-state index in [9.17, 15) is 9.59 Å². The first-order valence-corrected chi connectivity index (χ1v) is 8.42. The third-order valence-electron chi connectivity index (χ3n) is 3.68. The summed E-state index contributed by atoms with van der Waals surface area (Å²) >= 11 is 1.30. The van der Waals surface area contributed by atoms with Crippen LogP contribution in [0.5, 0.6) is 0 Å². The van der Waals surface area contributed by atoms with E-state index in [1.807, 2.05) is 37.3 Å². The van der Waals surface area contributed by atoms with Gasteiger partial charge < -0.3 is 5.11 Å². The van der Waals surface area contributed by atoms with Gasteiger partial charge in [-0.15, -0.1) is 0 Å². The van der Waals surface area contributed by atoms with Crippen molar-refractivity contribution in [2.75, 3.05) is 7.05 Å². The first-order chi connectivity index (χ1) is 11.9. The van der Waals surface area contributed by atoms with Crippen molar-refractivity contribution < 1.29 is 14.7 Å². The minimum absolute atomic E-state index is 0.104. The standard InChI is InChI=1S/C19H16N2O3S/c1-12-4-3-5-13(10-12)11-16-17(22)21(2)19(25-16)20-15-8-6-14(7-9-15)18(23)24/h3-11H,1-2H3,(H,23,24)/b16-11-,20-19?. The van der Waals surface area contributed by atoms with Crippen LogP contribution >= 0.6 is 11.8 Å². The summed E-state index contributed by atoms with van der Waals surface area (Å²) in [5, 5.41) is 9.49. The van der Waals surface area contributed by atoms with Crippen LogP contribution in [0.25, 0.3) is 6.08 Å². The number of carboxylic acids is 1. The number of amides is 1. The lowest BCUT2D eigenvalue weighted by Crippen LogP contribution is -2.23. The molecule has 1 heterocycles. The Morgan fingerprint density at radius 2 is 1.92 bits per heavy atom. The van der Waals surface area contributed by atoms with Gasteiger partial charge in [-0.1, -0.05) is 29.8 Å². The number of hydrogen-bond acceptors (Lipinski definition) is 4. The van der Waals surface area contributed by atoms with Crippen LogP contribution < -0.4 is 0 Å². The molecule has 0 radical (unpaired) electrons. The van der Waals surface area contributed by atoms with Crippen LogP contribution in [0, 0.1) is 6.92 Å². The minimum Gasteiger partial charge on any atom is -0.478 e. The van der Waals surface area contributed by atoms with E-state index in [0.29, 0.717) is 15.8 Å². The highest BCUT2D eigenvalue weighted by atomic mass is 32.2. The first kappa shape index (κ1) is 17.0. The van der Waals surface area contributed by atoms with Crippen molar-refractivity contribution in [2.24, 2.45) is 4.99 Å². The number of carboxylic acid groups (broad SMARTS) is 1. The molecule has 126 valence electrons.